The fourth-order valence-corrected chi connectivity index (χ4v) is 3.79. The van der Waals surface area contributed by atoms with Crippen molar-refractivity contribution in [2.24, 2.45) is 0 Å². The van der Waals surface area contributed by atoms with E-state index in [1.54, 1.807) is 0 Å². The molecule has 1 amide bonds. The van der Waals surface area contributed by atoms with Gasteiger partial charge in [-0.3, -0.25) is 4.79 Å². The van der Waals surface area contributed by atoms with Gasteiger partial charge < -0.3 is 24.2 Å². The summed E-state index contributed by atoms with van der Waals surface area (Å²) in [6.07, 6.45) is 1.61. The van der Waals surface area contributed by atoms with Crippen LogP contribution in [0.25, 0.3) is 22.4 Å². The lowest BCUT2D eigenvalue weighted by atomic mass is 10.2. The summed E-state index contributed by atoms with van der Waals surface area (Å²) in [4.78, 5) is 15.4. The van der Waals surface area contributed by atoms with Gasteiger partial charge in [-0.05, 0) is 18.2 Å². The van der Waals surface area contributed by atoms with Crippen molar-refractivity contribution in [2.45, 2.75) is 11.3 Å². The molecule has 152 valence electrons. The number of rotatable bonds is 6. The van der Waals surface area contributed by atoms with Crippen LogP contribution in [-0.4, -0.2) is 46.1 Å². The summed E-state index contributed by atoms with van der Waals surface area (Å²) >= 11 is 1.19. The molecule has 2 N–H and O–H groups in total. The van der Waals surface area contributed by atoms with Gasteiger partial charge in [-0.1, -0.05) is 42.1 Å². The van der Waals surface area contributed by atoms with E-state index in [9.17, 15) is 4.79 Å². The highest BCUT2D eigenvalue weighted by Crippen LogP contribution is 2.31. The number of amides is 1. The molecule has 2 aromatic heterocycles. The third-order valence-electron chi connectivity index (χ3n) is 4.65. The molecule has 0 saturated carbocycles. The molecule has 30 heavy (non-hydrogen) atoms. The Labute approximate surface area is 176 Å². The topological polar surface area (TPSA) is 102 Å². The van der Waals surface area contributed by atoms with Gasteiger partial charge in [0.15, 0.2) is 11.5 Å². The van der Waals surface area contributed by atoms with Gasteiger partial charge in [0.1, 0.15) is 12.7 Å². The van der Waals surface area contributed by atoms with Crippen molar-refractivity contribution < 1.29 is 18.7 Å². The van der Waals surface area contributed by atoms with Crippen LogP contribution in [-0.2, 0) is 4.79 Å². The molecule has 0 fully saturated rings. The van der Waals surface area contributed by atoms with Gasteiger partial charge in [0.25, 0.3) is 11.1 Å². The Morgan fingerprint density at radius 2 is 1.97 bits per heavy atom. The van der Waals surface area contributed by atoms with E-state index in [1.807, 2.05) is 54.7 Å². The van der Waals surface area contributed by atoms with Crippen molar-refractivity contribution in [3.63, 3.8) is 0 Å². The lowest BCUT2D eigenvalue weighted by molar-refractivity contribution is -0.119. The zero-order valence-corrected chi connectivity index (χ0v) is 16.6. The van der Waals surface area contributed by atoms with E-state index in [0.717, 1.165) is 22.2 Å². The minimum absolute atomic E-state index is 0.144. The Hall–Kier alpha value is -3.46. The zero-order valence-electron chi connectivity index (χ0n) is 15.8. The van der Waals surface area contributed by atoms with E-state index < -0.39 is 0 Å². The number of aromatic nitrogens is 3. The average molecular weight is 422 g/mol. The summed E-state index contributed by atoms with van der Waals surface area (Å²) in [6.45, 7) is 0.750. The summed E-state index contributed by atoms with van der Waals surface area (Å²) in [5.74, 6) is 1.85. The number of hydrogen-bond donors (Lipinski definition) is 2. The van der Waals surface area contributed by atoms with Gasteiger partial charge in [0.2, 0.25) is 5.91 Å². The van der Waals surface area contributed by atoms with E-state index >= 15 is 0 Å². The lowest BCUT2D eigenvalue weighted by Crippen LogP contribution is -2.41. The van der Waals surface area contributed by atoms with Crippen molar-refractivity contribution >= 4 is 28.6 Å². The van der Waals surface area contributed by atoms with Crippen LogP contribution in [0, 0.1) is 0 Å². The number of nitrogens with one attached hydrogen (secondary N) is 2. The molecule has 0 saturated heterocycles. The van der Waals surface area contributed by atoms with Gasteiger partial charge in [0.05, 0.1) is 17.9 Å². The van der Waals surface area contributed by atoms with Gasteiger partial charge in [-0.25, -0.2) is 0 Å². The smallest absolute Gasteiger partial charge is 0.277 e. The second-order valence-corrected chi connectivity index (χ2v) is 7.64. The number of carbonyl (C=O) groups is 1. The molecule has 8 nitrogen and oxygen atoms in total. The molecule has 0 spiro atoms. The SMILES string of the molecule is O=C(CSc1nnc(-c2c[nH]c3ccccc23)o1)NC[C@H]1COc2ccccc2O1. The Balaban J connectivity index is 1.13. The van der Waals surface area contributed by atoms with E-state index in [-0.39, 0.29) is 17.8 Å². The average Bonchev–Trinajstić information content (AvgIpc) is 3.43. The fraction of sp³-hybridized carbons (Fsp3) is 0.190. The number of hydrogen-bond acceptors (Lipinski definition) is 7. The second kappa shape index (κ2) is 8.11. The largest absolute Gasteiger partial charge is 0.486 e. The Kier molecular flexibility index (Phi) is 5.02. The molecule has 9 heteroatoms. The predicted molar refractivity (Wildman–Crippen MR) is 112 cm³/mol. The third kappa shape index (κ3) is 3.84. The highest BCUT2D eigenvalue weighted by molar-refractivity contribution is 7.99. The molecule has 0 unspecified atom stereocenters. The first-order valence-electron chi connectivity index (χ1n) is 9.44. The number of benzene rings is 2. The van der Waals surface area contributed by atoms with Crippen LogP contribution in [0.3, 0.4) is 0 Å². The fourth-order valence-electron chi connectivity index (χ4n) is 3.20. The molecule has 1 atom stereocenters. The maximum Gasteiger partial charge on any atom is 0.277 e. The first kappa shape index (κ1) is 18.6. The first-order chi connectivity index (χ1) is 14.8. The maximum absolute atomic E-state index is 12.2. The molecule has 1 aliphatic heterocycles. The first-order valence-corrected chi connectivity index (χ1v) is 10.4. The minimum atomic E-state index is -0.231. The Morgan fingerprint density at radius 1 is 1.13 bits per heavy atom. The summed E-state index contributed by atoms with van der Waals surface area (Å²) in [6, 6.07) is 15.4. The lowest BCUT2D eigenvalue weighted by Gasteiger charge is -2.26. The molecule has 4 aromatic rings. The molecule has 0 bridgehead atoms. The molecule has 5 rings (SSSR count). The van der Waals surface area contributed by atoms with Crippen LogP contribution in [0.5, 0.6) is 11.5 Å². The van der Waals surface area contributed by atoms with E-state index in [2.05, 4.69) is 20.5 Å². The maximum atomic E-state index is 12.2. The number of carbonyl (C=O) groups excluding carboxylic acids is 1. The van der Waals surface area contributed by atoms with Crippen LogP contribution >= 0.6 is 11.8 Å². The molecular weight excluding hydrogens is 404 g/mol. The van der Waals surface area contributed by atoms with Crippen molar-refractivity contribution in [3.05, 3.63) is 54.7 Å². The van der Waals surface area contributed by atoms with Crippen LogP contribution in [0.1, 0.15) is 0 Å². The quantitative estimate of drug-likeness (QED) is 0.460. The van der Waals surface area contributed by atoms with Crippen molar-refractivity contribution in [1.29, 1.82) is 0 Å². The van der Waals surface area contributed by atoms with Crippen LogP contribution in [0.15, 0.2) is 64.4 Å². The van der Waals surface area contributed by atoms with Crippen LogP contribution < -0.4 is 14.8 Å². The molecule has 3 heterocycles. The van der Waals surface area contributed by atoms with Gasteiger partial charge in [-0.2, -0.15) is 0 Å². The summed E-state index contributed by atoms with van der Waals surface area (Å²) in [5, 5.41) is 12.3. The molecule has 0 radical (unpaired) electrons. The number of thioether (sulfide) groups is 1. The monoisotopic (exact) mass is 422 g/mol. The van der Waals surface area contributed by atoms with Crippen LogP contribution in [0.4, 0.5) is 0 Å². The standard InChI is InChI=1S/C21H18N4O4S/c26-19(23-9-13-11-27-17-7-3-4-8-18(17)28-13)12-30-21-25-24-20(29-21)15-10-22-16-6-2-1-5-14(15)16/h1-8,10,13,22H,9,11-12H2,(H,23,26)/t13-/m0/s1. The highest BCUT2D eigenvalue weighted by Gasteiger charge is 2.21. The molecule has 2 aromatic carbocycles. The van der Waals surface area contributed by atoms with Gasteiger partial charge in [-0.15, -0.1) is 10.2 Å². The number of aromatic amines is 1. The summed E-state index contributed by atoms with van der Waals surface area (Å²) in [5.41, 5.74) is 1.83. The number of para-hydroxylation sites is 3. The molecule has 0 aliphatic carbocycles. The van der Waals surface area contributed by atoms with Gasteiger partial charge >= 0.3 is 0 Å². The second-order valence-electron chi connectivity index (χ2n) is 6.71. The Morgan fingerprint density at radius 3 is 2.90 bits per heavy atom. The molecule has 1 aliphatic rings. The van der Waals surface area contributed by atoms with Crippen LogP contribution in [0.2, 0.25) is 0 Å². The number of H-pyrrole nitrogens is 1. The van der Waals surface area contributed by atoms with Crippen molar-refractivity contribution in [2.75, 3.05) is 18.9 Å². The van der Waals surface area contributed by atoms with E-state index in [0.29, 0.717) is 30.0 Å². The zero-order chi connectivity index (χ0) is 20.3. The van der Waals surface area contributed by atoms with Crippen molar-refractivity contribution in [3.8, 4) is 23.0 Å². The Bertz CT molecular complexity index is 1190. The number of nitrogens with zero attached hydrogens (tertiary/aromatic N) is 2. The normalized spacial score (nSPS) is 15.3. The van der Waals surface area contributed by atoms with Gasteiger partial charge in [0, 0.05) is 17.1 Å². The number of ether oxygens (including phenoxy) is 2. The highest BCUT2D eigenvalue weighted by atomic mass is 32.2. The third-order valence-corrected chi connectivity index (χ3v) is 5.47. The summed E-state index contributed by atoms with van der Waals surface area (Å²) < 4.78 is 17.2. The van der Waals surface area contributed by atoms with E-state index in [1.165, 1.54) is 11.8 Å². The number of fused-ring (bicyclic) bond motifs is 2. The summed E-state index contributed by atoms with van der Waals surface area (Å²) in [7, 11) is 0. The predicted octanol–water partition coefficient (Wildman–Crippen LogP) is 3.27. The van der Waals surface area contributed by atoms with E-state index in [4.69, 9.17) is 13.9 Å². The minimum Gasteiger partial charge on any atom is -0.486 e. The molecular formula is C21H18N4O4S. The van der Waals surface area contributed by atoms with Crippen molar-refractivity contribution in [1.82, 2.24) is 20.5 Å².